The zero-order valence-electron chi connectivity index (χ0n) is 12.1. The second kappa shape index (κ2) is 5.54. The molecule has 0 aromatic heterocycles. The molecule has 1 aromatic rings. The topological polar surface area (TPSA) is 21.3 Å². The number of nitrogens with one attached hydrogen (secondary N) is 1. The van der Waals surface area contributed by atoms with Crippen molar-refractivity contribution in [1.82, 2.24) is 5.32 Å². The monoisotopic (exact) mass is 259 g/mol. The van der Waals surface area contributed by atoms with Gasteiger partial charge in [-0.15, -0.1) is 0 Å². The lowest BCUT2D eigenvalue weighted by atomic mass is 10.00. The highest BCUT2D eigenvalue weighted by atomic mass is 16.5. The molecule has 3 rings (SSSR count). The first-order valence-corrected chi connectivity index (χ1v) is 7.75. The van der Waals surface area contributed by atoms with Gasteiger partial charge in [-0.1, -0.05) is 25.0 Å². The number of fused-ring (bicyclic) bond motifs is 1. The Morgan fingerprint density at radius 2 is 2.00 bits per heavy atom. The van der Waals surface area contributed by atoms with E-state index in [1.165, 1.54) is 31.2 Å². The molecule has 2 saturated carbocycles. The minimum Gasteiger partial charge on any atom is -0.494 e. The Labute approximate surface area is 116 Å². The number of benzene rings is 1. The van der Waals surface area contributed by atoms with Crippen LogP contribution in [0, 0.1) is 17.8 Å². The molecule has 3 unspecified atom stereocenters. The fourth-order valence-electron chi connectivity index (χ4n) is 4.09. The van der Waals surface area contributed by atoms with Gasteiger partial charge in [0.1, 0.15) is 5.75 Å². The Morgan fingerprint density at radius 1 is 1.26 bits per heavy atom. The van der Waals surface area contributed by atoms with Crippen LogP contribution in [0.1, 0.15) is 44.2 Å². The number of hydrogen-bond acceptors (Lipinski definition) is 2. The van der Waals surface area contributed by atoms with E-state index in [4.69, 9.17) is 4.74 Å². The summed E-state index contributed by atoms with van der Waals surface area (Å²) in [6, 6.07) is 9.15. The van der Waals surface area contributed by atoms with Gasteiger partial charge in [-0.3, -0.25) is 0 Å². The van der Waals surface area contributed by atoms with Crippen LogP contribution in [0.4, 0.5) is 0 Å². The van der Waals surface area contributed by atoms with Crippen LogP contribution in [0.2, 0.25) is 0 Å². The molecule has 1 aromatic carbocycles. The van der Waals surface area contributed by atoms with Crippen molar-refractivity contribution in [2.45, 2.75) is 38.6 Å². The Morgan fingerprint density at radius 3 is 2.63 bits per heavy atom. The molecule has 0 radical (unpaired) electrons. The Hall–Kier alpha value is -1.02. The van der Waals surface area contributed by atoms with E-state index in [2.05, 4.69) is 36.6 Å². The second-order valence-corrected chi connectivity index (χ2v) is 5.96. The molecule has 2 heteroatoms. The first kappa shape index (κ1) is 13.0. The van der Waals surface area contributed by atoms with Gasteiger partial charge in [0.2, 0.25) is 0 Å². The smallest absolute Gasteiger partial charge is 0.119 e. The molecule has 0 spiro atoms. The largest absolute Gasteiger partial charge is 0.494 e. The summed E-state index contributed by atoms with van der Waals surface area (Å²) in [5.41, 5.74) is 1.40. The van der Waals surface area contributed by atoms with Crippen molar-refractivity contribution in [3.05, 3.63) is 29.8 Å². The molecule has 0 saturated heterocycles. The van der Waals surface area contributed by atoms with Gasteiger partial charge in [-0.2, -0.15) is 0 Å². The number of hydrogen-bond donors (Lipinski definition) is 1. The van der Waals surface area contributed by atoms with Crippen LogP contribution in [0.25, 0.3) is 0 Å². The molecule has 1 N–H and O–H groups in total. The number of ether oxygens (including phenoxy) is 1. The normalized spacial score (nSPS) is 30.5. The van der Waals surface area contributed by atoms with Crippen LogP contribution < -0.4 is 10.1 Å². The summed E-state index contributed by atoms with van der Waals surface area (Å²) in [4.78, 5) is 0. The third-order valence-electron chi connectivity index (χ3n) is 4.95. The van der Waals surface area contributed by atoms with Crippen LogP contribution in [-0.2, 0) is 0 Å². The first-order chi connectivity index (χ1) is 9.35. The van der Waals surface area contributed by atoms with E-state index in [1.807, 2.05) is 6.92 Å². The van der Waals surface area contributed by atoms with Crippen molar-refractivity contribution in [1.29, 1.82) is 0 Å². The third kappa shape index (κ3) is 2.51. The Bertz CT molecular complexity index is 419. The molecule has 0 aliphatic heterocycles. The average Bonchev–Trinajstić information content (AvgIpc) is 3.15. The van der Waals surface area contributed by atoms with Gasteiger partial charge in [0.25, 0.3) is 0 Å². The molecular formula is C17H25NO. The highest BCUT2D eigenvalue weighted by Crippen LogP contribution is 2.60. The van der Waals surface area contributed by atoms with Gasteiger partial charge in [-0.25, -0.2) is 0 Å². The standard InChI is InChI=1S/C17H25NO/c1-3-19-13-8-6-7-12(11-13)17(18-2)16-14-9-4-5-10-15(14)16/h6-8,11,14-18H,3-5,9-10H2,1-2H3. The summed E-state index contributed by atoms with van der Waals surface area (Å²) >= 11 is 0. The maximum atomic E-state index is 5.63. The second-order valence-electron chi connectivity index (χ2n) is 5.96. The first-order valence-electron chi connectivity index (χ1n) is 7.75. The summed E-state index contributed by atoms with van der Waals surface area (Å²) in [6.07, 6.45) is 5.76. The van der Waals surface area contributed by atoms with E-state index in [0.717, 1.165) is 30.1 Å². The molecule has 3 atom stereocenters. The SMILES string of the molecule is CCOc1cccc(C(NC)C2C3CCCCC32)c1. The van der Waals surface area contributed by atoms with Crippen LogP contribution >= 0.6 is 0 Å². The van der Waals surface area contributed by atoms with Gasteiger partial charge < -0.3 is 10.1 Å². The van der Waals surface area contributed by atoms with E-state index in [0.29, 0.717) is 6.04 Å². The third-order valence-corrected chi connectivity index (χ3v) is 4.95. The van der Waals surface area contributed by atoms with Gasteiger partial charge in [0.05, 0.1) is 6.61 Å². The molecule has 2 aliphatic carbocycles. The van der Waals surface area contributed by atoms with Crippen molar-refractivity contribution in [2.24, 2.45) is 17.8 Å². The fraction of sp³-hybridized carbons (Fsp3) is 0.647. The van der Waals surface area contributed by atoms with E-state index < -0.39 is 0 Å². The van der Waals surface area contributed by atoms with Gasteiger partial charge in [0.15, 0.2) is 0 Å². The molecule has 0 amide bonds. The van der Waals surface area contributed by atoms with Crippen molar-refractivity contribution < 1.29 is 4.74 Å². The zero-order valence-corrected chi connectivity index (χ0v) is 12.1. The molecule has 104 valence electrons. The van der Waals surface area contributed by atoms with Crippen molar-refractivity contribution in [3.8, 4) is 5.75 Å². The van der Waals surface area contributed by atoms with Gasteiger partial charge in [0, 0.05) is 6.04 Å². The lowest BCUT2D eigenvalue weighted by molar-refractivity contribution is 0.339. The molecule has 2 fully saturated rings. The van der Waals surface area contributed by atoms with Gasteiger partial charge in [-0.05, 0) is 62.3 Å². The van der Waals surface area contributed by atoms with Crippen molar-refractivity contribution >= 4 is 0 Å². The quantitative estimate of drug-likeness (QED) is 0.869. The van der Waals surface area contributed by atoms with E-state index in [-0.39, 0.29) is 0 Å². The van der Waals surface area contributed by atoms with Crippen LogP contribution in [0.5, 0.6) is 5.75 Å². The summed E-state index contributed by atoms with van der Waals surface area (Å²) < 4.78 is 5.63. The lowest BCUT2D eigenvalue weighted by Gasteiger charge is -2.18. The van der Waals surface area contributed by atoms with E-state index >= 15 is 0 Å². The predicted molar refractivity (Wildman–Crippen MR) is 78.3 cm³/mol. The van der Waals surface area contributed by atoms with Gasteiger partial charge >= 0.3 is 0 Å². The molecule has 2 nitrogen and oxygen atoms in total. The Kier molecular flexibility index (Phi) is 3.79. The van der Waals surface area contributed by atoms with Crippen LogP contribution in [-0.4, -0.2) is 13.7 Å². The van der Waals surface area contributed by atoms with Crippen molar-refractivity contribution in [3.63, 3.8) is 0 Å². The summed E-state index contributed by atoms with van der Waals surface area (Å²) in [5.74, 6) is 3.80. The summed E-state index contributed by atoms with van der Waals surface area (Å²) in [6.45, 7) is 2.78. The highest BCUT2D eigenvalue weighted by Gasteiger charge is 2.53. The van der Waals surface area contributed by atoms with Crippen LogP contribution in [0.15, 0.2) is 24.3 Å². The van der Waals surface area contributed by atoms with E-state index in [9.17, 15) is 0 Å². The lowest BCUT2D eigenvalue weighted by Crippen LogP contribution is -2.19. The molecule has 19 heavy (non-hydrogen) atoms. The highest BCUT2D eigenvalue weighted by molar-refractivity contribution is 5.32. The van der Waals surface area contributed by atoms with Crippen molar-refractivity contribution in [2.75, 3.05) is 13.7 Å². The fourth-order valence-corrected chi connectivity index (χ4v) is 4.09. The molecule has 2 aliphatic rings. The Balaban J connectivity index is 1.77. The maximum absolute atomic E-state index is 5.63. The molecule has 0 heterocycles. The molecular weight excluding hydrogens is 234 g/mol. The molecule has 0 bridgehead atoms. The average molecular weight is 259 g/mol. The van der Waals surface area contributed by atoms with Crippen LogP contribution in [0.3, 0.4) is 0 Å². The summed E-state index contributed by atoms with van der Waals surface area (Å²) in [7, 11) is 2.10. The predicted octanol–water partition coefficient (Wildman–Crippen LogP) is 3.78. The minimum atomic E-state index is 0.508. The number of rotatable bonds is 5. The summed E-state index contributed by atoms with van der Waals surface area (Å²) in [5, 5.41) is 3.55. The minimum absolute atomic E-state index is 0.508. The maximum Gasteiger partial charge on any atom is 0.119 e. The zero-order chi connectivity index (χ0) is 13.2. The van der Waals surface area contributed by atoms with E-state index in [1.54, 1.807) is 0 Å².